The average Bonchev–Trinajstić information content (AvgIpc) is 3.81. The molecule has 3 N–H and O–H groups in total. The van der Waals surface area contributed by atoms with Gasteiger partial charge in [-0.3, -0.25) is 33.9 Å². The number of fused-ring (bicyclic) bond motifs is 3. The first-order valence-corrected chi connectivity index (χ1v) is 20.9. The molecular weight excluding hydrogens is 817 g/mol. The summed E-state index contributed by atoms with van der Waals surface area (Å²) in [7, 11) is 2.34. The van der Waals surface area contributed by atoms with E-state index in [4.69, 9.17) is 18.9 Å². The molecule has 2 fully saturated rings. The monoisotopic (exact) mass is 862 g/mol. The number of aromatic nitrogens is 1. The number of pyridine rings is 1. The Morgan fingerprint density at radius 2 is 1.56 bits per heavy atom. The van der Waals surface area contributed by atoms with E-state index in [2.05, 4.69) is 27.5 Å². The van der Waals surface area contributed by atoms with Gasteiger partial charge in [0.2, 0.25) is 11.8 Å². The Labute approximate surface area is 369 Å². The molecule has 3 aliphatic rings. The van der Waals surface area contributed by atoms with Crippen LogP contribution in [0.1, 0.15) is 58.1 Å². The predicted octanol–water partition coefficient (Wildman–Crippen LogP) is 4.79. The van der Waals surface area contributed by atoms with Gasteiger partial charge in [0.25, 0.3) is 0 Å². The van der Waals surface area contributed by atoms with Crippen LogP contribution in [0.15, 0.2) is 128 Å². The maximum absolute atomic E-state index is 15.5. The summed E-state index contributed by atoms with van der Waals surface area (Å²) in [6.45, 7) is -0.0947. The van der Waals surface area contributed by atoms with Crippen LogP contribution in [0.5, 0.6) is 5.75 Å². The minimum Gasteiger partial charge on any atom is -0.491 e. The van der Waals surface area contributed by atoms with E-state index in [-0.39, 0.29) is 26.2 Å². The molecule has 14 heteroatoms. The summed E-state index contributed by atoms with van der Waals surface area (Å²) in [5.41, 5.74) is 2.20. The first-order valence-electron chi connectivity index (χ1n) is 20.9. The zero-order valence-electron chi connectivity index (χ0n) is 35.1. The third-order valence-electron chi connectivity index (χ3n) is 12.0. The van der Waals surface area contributed by atoms with Crippen molar-refractivity contribution in [1.82, 2.24) is 15.2 Å². The SMILES string of the molecule is COC(=O)C(CC#Cc1ccc2c(c1)[C@]1(C(=O)N2)[C@H](C(=O)NCCc2ccccn2)[C@H]2C(=O)O[C@H](c3ccccc3)[C@H](c3ccccc3)N2[C@@H]1c1cccc(OCCO)c1)C(=O)OC. The number of carbonyl (C=O) groups is 5. The average molecular weight is 863 g/mol. The fraction of sp³-hybridized carbons (Fsp3) is 0.280. The molecule has 64 heavy (non-hydrogen) atoms. The van der Waals surface area contributed by atoms with Gasteiger partial charge in [0.1, 0.15) is 29.9 Å². The van der Waals surface area contributed by atoms with E-state index in [0.717, 1.165) is 11.3 Å². The van der Waals surface area contributed by atoms with Gasteiger partial charge < -0.3 is 34.7 Å². The molecule has 14 nitrogen and oxygen atoms in total. The van der Waals surface area contributed by atoms with Crippen molar-refractivity contribution < 1.29 is 48.0 Å². The van der Waals surface area contributed by atoms with E-state index in [9.17, 15) is 14.7 Å². The Kier molecular flexibility index (Phi) is 12.8. The first kappa shape index (κ1) is 43.3. The number of methoxy groups -OCH3 is 2. The number of ether oxygens (including phenoxy) is 4. The number of benzene rings is 4. The molecule has 5 aromatic rings. The van der Waals surface area contributed by atoms with Crippen molar-refractivity contribution in [2.45, 2.75) is 42.5 Å². The molecule has 1 spiro atoms. The maximum Gasteiger partial charge on any atom is 0.324 e. The number of anilines is 1. The lowest BCUT2D eigenvalue weighted by atomic mass is 9.65. The van der Waals surface area contributed by atoms with Gasteiger partial charge >= 0.3 is 17.9 Å². The maximum atomic E-state index is 15.5. The largest absolute Gasteiger partial charge is 0.491 e. The van der Waals surface area contributed by atoms with Crippen molar-refractivity contribution in [2.75, 3.05) is 39.3 Å². The third kappa shape index (κ3) is 8.07. The van der Waals surface area contributed by atoms with E-state index in [1.807, 2.05) is 83.8 Å². The highest BCUT2D eigenvalue weighted by Gasteiger charge is 2.74. The van der Waals surface area contributed by atoms with Crippen molar-refractivity contribution in [2.24, 2.45) is 11.8 Å². The lowest BCUT2D eigenvalue weighted by Gasteiger charge is -2.46. The molecule has 2 saturated heterocycles. The number of rotatable bonds is 13. The van der Waals surface area contributed by atoms with Crippen LogP contribution in [-0.4, -0.2) is 84.7 Å². The highest BCUT2D eigenvalue weighted by Crippen LogP contribution is 2.65. The van der Waals surface area contributed by atoms with Gasteiger partial charge in [0, 0.05) is 42.5 Å². The second kappa shape index (κ2) is 19.0. The summed E-state index contributed by atoms with van der Waals surface area (Å²) in [5, 5.41) is 15.8. The first-order chi connectivity index (χ1) is 31.2. The number of hydrogen-bond acceptors (Lipinski definition) is 12. The summed E-state index contributed by atoms with van der Waals surface area (Å²) in [6, 6.07) is 33.6. The van der Waals surface area contributed by atoms with E-state index >= 15 is 14.4 Å². The molecule has 2 amide bonds. The lowest BCUT2D eigenvalue weighted by Crippen LogP contribution is -2.55. The summed E-state index contributed by atoms with van der Waals surface area (Å²) in [6.07, 6.45) is 0.956. The highest BCUT2D eigenvalue weighted by molar-refractivity contribution is 6.12. The van der Waals surface area contributed by atoms with Crippen LogP contribution >= 0.6 is 0 Å². The van der Waals surface area contributed by atoms with Gasteiger partial charge in [-0.15, -0.1) is 0 Å². The van der Waals surface area contributed by atoms with Crippen molar-refractivity contribution >= 4 is 35.4 Å². The fourth-order valence-corrected chi connectivity index (χ4v) is 9.38. The van der Waals surface area contributed by atoms with E-state index < -0.39 is 71.2 Å². The summed E-state index contributed by atoms with van der Waals surface area (Å²) < 4.78 is 22.1. The van der Waals surface area contributed by atoms with Crippen LogP contribution < -0.4 is 15.4 Å². The van der Waals surface area contributed by atoms with Crippen molar-refractivity contribution in [1.29, 1.82) is 0 Å². The molecule has 4 heterocycles. The summed E-state index contributed by atoms with van der Waals surface area (Å²) in [4.78, 5) is 77.2. The molecule has 6 atom stereocenters. The molecule has 0 bridgehead atoms. The molecule has 0 radical (unpaired) electrons. The van der Waals surface area contributed by atoms with Gasteiger partial charge in [-0.05, 0) is 64.7 Å². The van der Waals surface area contributed by atoms with Crippen LogP contribution in [-0.2, 0) is 50.0 Å². The Balaban J connectivity index is 1.36. The van der Waals surface area contributed by atoms with E-state index in [1.165, 1.54) is 14.2 Å². The number of nitrogens with one attached hydrogen (secondary N) is 2. The molecule has 4 aromatic carbocycles. The second-order valence-electron chi connectivity index (χ2n) is 15.6. The molecule has 0 unspecified atom stereocenters. The lowest BCUT2D eigenvalue weighted by molar-refractivity contribution is -0.178. The molecule has 326 valence electrons. The number of hydrogen-bond donors (Lipinski definition) is 3. The second-order valence-corrected chi connectivity index (χ2v) is 15.6. The molecule has 0 saturated carbocycles. The van der Waals surface area contributed by atoms with Crippen LogP contribution in [0, 0.1) is 23.7 Å². The number of aliphatic hydroxyl groups is 1. The van der Waals surface area contributed by atoms with Crippen molar-refractivity contribution in [3.63, 3.8) is 0 Å². The number of esters is 3. The molecule has 3 aliphatic heterocycles. The van der Waals surface area contributed by atoms with Crippen molar-refractivity contribution in [3.8, 4) is 17.6 Å². The standard InChI is InChI=1S/C50H46N4O10/c1-61-46(57)37(47(58)62-2)21-11-13-31-22-23-39-38(29-31)50(49(60)53-39)40(45(56)52-26-24-35-19-9-10-25-51-35)42-48(59)64-43(33-16-7-4-8-17-33)41(32-14-5-3-6-15-32)54(42)44(50)34-18-12-20-36(30-34)63-28-27-55/h3-10,12,14-20,22-23,25,29-30,37,40-44,55H,21,24,26-28H2,1-2H3,(H,52,56)(H,53,60)/t40-,41-,42-,43+,44+,50-/m0/s1. The fourth-order valence-electron chi connectivity index (χ4n) is 9.38. The summed E-state index contributed by atoms with van der Waals surface area (Å²) in [5.74, 6) is 0.312. The van der Waals surface area contributed by atoms with Crippen molar-refractivity contribution in [3.05, 3.63) is 161 Å². The van der Waals surface area contributed by atoms with Gasteiger partial charge in [0.05, 0.1) is 38.8 Å². The number of nitrogens with zero attached hydrogens (tertiary/aromatic N) is 2. The molecule has 0 aliphatic carbocycles. The van der Waals surface area contributed by atoms with Gasteiger partial charge in [-0.1, -0.05) is 90.7 Å². The quantitative estimate of drug-likeness (QED) is 0.0639. The zero-order chi connectivity index (χ0) is 44.8. The zero-order valence-corrected chi connectivity index (χ0v) is 35.1. The Hall–Kier alpha value is -7.34. The number of cyclic esters (lactones) is 1. The van der Waals surface area contributed by atoms with E-state index in [0.29, 0.717) is 40.1 Å². The summed E-state index contributed by atoms with van der Waals surface area (Å²) >= 11 is 0. The van der Waals surface area contributed by atoms with Crippen LogP contribution in [0.2, 0.25) is 0 Å². The highest BCUT2D eigenvalue weighted by atomic mass is 16.6. The number of amides is 2. The van der Waals surface area contributed by atoms with Crippen LogP contribution in [0.4, 0.5) is 5.69 Å². The molecule has 1 aromatic heterocycles. The Morgan fingerprint density at radius 3 is 2.25 bits per heavy atom. The third-order valence-corrected chi connectivity index (χ3v) is 12.0. The Bertz CT molecular complexity index is 2580. The van der Waals surface area contributed by atoms with Gasteiger partial charge in [0.15, 0.2) is 5.92 Å². The minimum absolute atomic E-state index is 0.000114. The van der Waals surface area contributed by atoms with Gasteiger partial charge in [-0.2, -0.15) is 0 Å². The van der Waals surface area contributed by atoms with E-state index in [1.54, 1.807) is 48.7 Å². The Morgan fingerprint density at radius 1 is 0.859 bits per heavy atom. The van der Waals surface area contributed by atoms with Crippen LogP contribution in [0.3, 0.4) is 0 Å². The molecule has 8 rings (SSSR count). The predicted molar refractivity (Wildman–Crippen MR) is 232 cm³/mol. The van der Waals surface area contributed by atoms with Crippen LogP contribution in [0.25, 0.3) is 0 Å². The minimum atomic E-state index is -1.82. The number of carbonyl (C=O) groups excluding carboxylic acids is 5. The van der Waals surface area contributed by atoms with Gasteiger partial charge in [-0.25, -0.2) is 0 Å². The smallest absolute Gasteiger partial charge is 0.324 e. The normalized spacial score (nSPS) is 22.0. The molecular formula is C50H46N4O10. The number of aliphatic hydroxyl groups excluding tert-OH is 1. The number of morpholine rings is 1. The topological polar surface area (TPSA) is 183 Å².